The summed E-state index contributed by atoms with van der Waals surface area (Å²) in [5.74, 6) is -0.0271. The minimum absolute atomic E-state index is 0.0172. The van der Waals surface area contributed by atoms with Crippen molar-refractivity contribution in [2.24, 2.45) is 0 Å². The van der Waals surface area contributed by atoms with Crippen molar-refractivity contribution in [3.05, 3.63) is 47.0 Å². The van der Waals surface area contributed by atoms with Crippen LogP contribution in [0.2, 0.25) is 0 Å². The van der Waals surface area contributed by atoms with Gasteiger partial charge in [0.2, 0.25) is 0 Å². The van der Waals surface area contributed by atoms with Gasteiger partial charge < -0.3 is 34.4 Å². The normalized spacial score (nSPS) is 18.8. The van der Waals surface area contributed by atoms with Crippen LogP contribution in [0.15, 0.2) is 30.3 Å². The van der Waals surface area contributed by atoms with Gasteiger partial charge in [-0.2, -0.15) is 0 Å². The number of aliphatic hydroxyl groups excluding tert-OH is 1. The minimum Gasteiger partial charge on any atom is -0.507 e. The Morgan fingerprint density at radius 1 is 1.09 bits per heavy atom. The van der Waals surface area contributed by atoms with E-state index in [1.54, 1.807) is 18.2 Å². The number of phenols is 2. The summed E-state index contributed by atoms with van der Waals surface area (Å²) in [6, 6.07) is 6.14. The van der Waals surface area contributed by atoms with E-state index in [0.29, 0.717) is 29.0 Å². The van der Waals surface area contributed by atoms with Crippen LogP contribution in [-0.4, -0.2) is 73.6 Å². The summed E-state index contributed by atoms with van der Waals surface area (Å²) in [7, 11) is 6.26. The Morgan fingerprint density at radius 3 is 2.38 bits per heavy atom. The van der Waals surface area contributed by atoms with Gasteiger partial charge >= 0.3 is 0 Å². The zero-order chi connectivity index (χ0) is 23.4. The first kappa shape index (κ1) is 23.4. The van der Waals surface area contributed by atoms with Crippen LogP contribution < -0.4 is 14.2 Å². The van der Waals surface area contributed by atoms with E-state index in [9.17, 15) is 20.1 Å². The van der Waals surface area contributed by atoms with Crippen LogP contribution in [0.5, 0.6) is 28.7 Å². The maximum atomic E-state index is 13.1. The zero-order valence-corrected chi connectivity index (χ0v) is 18.7. The first-order chi connectivity index (χ1) is 15.4. The first-order valence-corrected chi connectivity index (χ1v) is 10.2. The Kier molecular flexibility index (Phi) is 7.27. The fraction of sp³-hybridized carbons (Fsp3) is 0.375. The van der Waals surface area contributed by atoms with E-state index in [0.717, 1.165) is 6.54 Å². The topological polar surface area (TPSA) is 109 Å². The minimum atomic E-state index is -0.467. The molecule has 1 fully saturated rings. The van der Waals surface area contributed by atoms with Gasteiger partial charge in [0.25, 0.3) is 0 Å². The number of likely N-dealkylation sites (N-methyl/N-ethyl adjacent to an activating group) is 1. The molecule has 0 radical (unpaired) electrons. The Labute approximate surface area is 187 Å². The second kappa shape index (κ2) is 9.93. The average molecular weight is 443 g/mol. The average Bonchev–Trinajstić information content (AvgIpc) is 3.16. The maximum absolute atomic E-state index is 13.1. The molecule has 1 saturated heterocycles. The number of ether oxygens (including phenoxy) is 3. The number of carbonyl (C=O) groups excluding carboxylic acids is 1. The highest BCUT2D eigenvalue weighted by molar-refractivity contribution is 6.11. The molecular weight excluding hydrogens is 414 g/mol. The van der Waals surface area contributed by atoms with Gasteiger partial charge in [-0.1, -0.05) is 12.1 Å². The molecule has 1 aliphatic rings. The van der Waals surface area contributed by atoms with Gasteiger partial charge in [-0.15, -0.1) is 0 Å². The number of phenolic OH excluding ortho intramolecular Hbond substituents is 2. The van der Waals surface area contributed by atoms with Gasteiger partial charge in [0.05, 0.1) is 27.9 Å². The van der Waals surface area contributed by atoms with Crippen molar-refractivity contribution in [1.82, 2.24) is 4.90 Å². The maximum Gasteiger partial charge on any atom is 0.193 e. The standard InChI is InChI=1S/C24H29NO7/c1-25-10-9-15(16(25)13-26)22-20(31-3)12-21(32-4)23(24(22)29)17(27)7-5-14-6-8-19(30-2)18(28)11-14/h5-8,11-12,15-16,26,28-29H,9-10,13H2,1-4H3. The lowest BCUT2D eigenvalue weighted by Crippen LogP contribution is -2.32. The summed E-state index contributed by atoms with van der Waals surface area (Å²) in [6.45, 7) is 0.661. The lowest BCUT2D eigenvalue weighted by atomic mass is 9.87. The van der Waals surface area contributed by atoms with Crippen LogP contribution in [0, 0.1) is 0 Å². The summed E-state index contributed by atoms with van der Waals surface area (Å²) in [6.07, 6.45) is 3.54. The highest BCUT2D eigenvalue weighted by atomic mass is 16.5. The van der Waals surface area contributed by atoms with Crippen LogP contribution >= 0.6 is 0 Å². The predicted octanol–water partition coefficient (Wildman–Crippen LogP) is 2.80. The Morgan fingerprint density at radius 2 is 1.78 bits per heavy atom. The van der Waals surface area contributed by atoms with Gasteiger partial charge in [-0.3, -0.25) is 4.79 Å². The third-order valence-electron chi connectivity index (χ3n) is 5.96. The van der Waals surface area contributed by atoms with E-state index in [4.69, 9.17) is 14.2 Å². The Balaban J connectivity index is 2.03. The van der Waals surface area contributed by atoms with Gasteiger partial charge in [0.1, 0.15) is 22.8 Å². The van der Waals surface area contributed by atoms with E-state index in [1.165, 1.54) is 39.5 Å². The quantitative estimate of drug-likeness (QED) is 0.422. The molecule has 0 amide bonds. The number of allylic oxidation sites excluding steroid dienone is 1. The highest BCUT2D eigenvalue weighted by Gasteiger charge is 2.37. The summed E-state index contributed by atoms with van der Waals surface area (Å²) >= 11 is 0. The molecule has 3 rings (SSSR count). The van der Waals surface area contributed by atoms with Crippen LogP contribution in [-0.2, 0) is 0 Å². The number of benzene rings is 2. The van der Waals surface area contributed by atoms with E-state index in [-0.39, 0.29) is 41.4 Å². The summed E-state index contributed by atoms with van der Waals surface area (Å²) in [5, 5.41) is 31.0. The molecule has 0 aliphatic carbocycles. The van der Waals surface area contributed by atoms with Crippen LogP contribution in [0.25, 0.3) is 6.08 Å². The number of likely N-dealkylation sites (tertiary alicyclic amines) is 1. The molecule has 3 N–H and O–H groups in total. The zero-order valence-electron chi connectivity index (χ0n) is 18.7. The Bertz CT molecular complexity index is 1020. The largest absolute Gasteiger partial charge is 0.507 e. The van der Waals surface area contributed by atoms with Gasteiger partial charge in [0, 0.05) is 23.6 Å². The fourth-order valence-electron chi connectivity index (χ4n) is 4.24. The van der Waals surface area contributed by atoms with Crippen molar-refractivity contribution in [3.8, 4) is 28.7 Å². The van der Waals surface area contributed by atoms with Crippen LogP contribution in [0.3, 0.4) is 0 Å². The number of methoxy groups -OCH3 is 3. The van der Waals surface area contributed by atoms with Gasteiger partial charge in [-0.05, 0) is 43.8 Å². The van der Waals surface area contributed by atoms with Crippen LogP contribution in [0.4, 0.5) is 0 Å². The van der Waals surface area contributed by atoms with E-state index in [2.05, 4.69) is 0 Å². The molecule has 1 aliphatic heterocycles. The van der Waals surface area contributed by atoms with E-state index in [1.807, 2.05) is 11.9 Å². The molecular formula is C24H29NO7. The molecule has 2 aromatic rings. The van der Waals surface area contributed by atoms with Crippen molar-refractivity contribution in [2.75, 3.05) is 41.5 Å². The molecule has 8 nitrogen and oxygen atoms in total. The number of hydrogen-bond donors (Lipinski definition) is 3. The number of carbonyl (C=O) groups is 1. The van der Waals surface area contributed by atoms with Crippen molar-refractivity contribution < 1.29 is 34.3 Å². The monoisotopic (exact) mass is 443 g/mol. The van der Waals surface area contributed by atoms with Gasteiger partial charge in [-0.25, -0.2) is 0 Å². The molecule has 2 atom stereocenters. The summed E-state index contributed by atoms with van der Waals surface area (Å²) in [5.41, 5.74) is 1.08. The first-order valence-electron chi connectivity index (χ1n) is 10.2. The van der Waals surface area contributed by atoms with Crippen LogP contribution in [0.1, 0.15) is 33.8 Å². The fourth-order valence-corrected chi connectivity index (χ4v) is 4.24. The summed E-state index contributed by atoms with van der Waals surface area (Å²) < 4.78 is 15.9. The predicted molar refractivity (Wildman–Crippen MR) is 120 cm³/mol. The van der Waals surface area contributed by atoms with Crippen molar-refractivity contribution in [2.45, 2.75) is 18.4 Å². The highest BCUT2D eigenvalue weighted by Crippen LogP contribution is 2.47. The number of rotatable bonds is 8. The molecule has 8 heteroatoms. The summed E-state index contributed by atoms with van der Waals surface area (Å²) in [4.78, 5) is 15.1. The van der Waals surface area contributed by atoms with E-state index >= 15 is 0 Å². The molecule has 172 valence electrons. The molecule has 2 unspecified atom stereocenters. The second-order valence-electron chi connectivity index (χ2n) is 7.67. The van der Waals surface area contributed by atoms with Crippen molar-refractivity contribution >= 4 is 11.9 Å². The number of aliphatic hydroxyl groups is 1. The molecule has 0 bridgehead atoms. The Hall–Kier alpha value is -3.23. The smallest absolute Gasteiger partial charge is 0.193 e. The lowest BCUT2D eigenvalue weighted by molar-refractivity contribution is 0.104. The molecule has 2 aromatic carbocycles. The molecule has 0 aromatic heterocycles. The third kappa shape index (κ3) is 4.37. The molecule has 0 saturated carbocycles. The van der Waals surface area contributed by atoms with Crippen molar-refractivity contribution in [1.29, 1.82) is 0 Å². The number of hydrogen-bond acceptors (Lipinski definition) is 8. The lowest BCUT2D eigenvalue weighted by Gasteiger charge is -2.26. The van der Waals surface area contributed by atoms with Gasteiger partial charge in [0.15, 0.2) is 17.3 Å². The molecule has 32 heavy (non-hydrogen) atoms. The third-order valence-corrected chi connectivity index (χ3v) is 5.96. The SMILES string of the molecule is COc1ccc(C=CC(=O)c2c(OC)cc(OC)c(C3CCN(C)C3CO)c2O)cc1O. The van der Waals surface area contributed by atoms with E-state index < -0.39 is 5.78 Å². The molecule has 0 spiro atoms. The number of nitrogens with zero attached hydrogens (tertiary/aromatic N) is 1. The van der Waals surface area contributed by atoms with Crippen molar-refractivity contribution in [3.63, 3.8) is 0 Å². The molecule has 1 heterocycles. The number of ketones is 1. The second-order valence-corrected chi connectivity index (χ2v) is 7.67. The number of aromatic hydroxyl groups is 2.